The molecule has 0 aromatic heterocycles. The smallest absolute Gasteiger partial charge is 0.191 e. The summed E-state index contributed by atoms with van der Waals surface area (Å²) in [6.07, 6.45) is 2.31. The van der Waals surface area contributed by atoms with E-state index in [1.807, 2.05) is 0 Å². The SMILES string of the molecule is CN=C(NCCCCOCCOC)NCC1CN(CC(C)C)CCO1.I. The van der Waals surface area contributed by atoms with Gasteiger partial charge in [0.2, 0.25) is 0 Å². The number of rotatable bonds is 12. The largest absolute Gasteiger partial charge is 0.382 e. The highest BCUT2D eigenvalue weighted by Crippen LogP contribution is 2.07. The predicted molar refractivity (Wildman–Crippen MR) is 118 cm³/mol. The van der Waals surface area contributed by atoms with Gasteiger partial charge in [-0.2, -0.15) is 0 Å². The first-order valence-corrected chi connectivity index (χ1v) is 9.50. The van der Waals surface area contributed by atoms with Crippen LogP contribution in [0.25, 0.3) is 0 Å². The molecule has 0 aromatic rings. The van der Waals surface area contributed by atoms with Crippen LogP contribution in [0.1, 0.15) is 26.7 Å². The van der Waals surface area contributed by atoms with Crippen LogP contribution >= 0.6 is 24.0 Å². The van der Waals surface area contributed by atoms with Crippen molar-refractivity contribution in [2.24, 2.45) is 10.9 Å². The van der Waals surface area contributed by atoms with E-state index in [-0.39, 0.29) is 30.1 Å². The molecular weight excluding hydrogens is 447 g/mol. The van der Waals surface area contributed by atoms with Crippen LogP contribution in [0, 0.1) is 5.92 Å². The molecule has 156 valence electrons. The molecule has 1 aliphatic rings. The van der Waals surface area contributed by atoms with Crippen molar-refractivity contribution in [1.29, 1.82) is 0 Å². The summed E-state index contributed by atoms with van der Waals surface area (Å²) in [5.74, 6) is 1.53. The van der Waals surface area contributed by atoms with Crippen molar-refractivity contribution in [3.63, 3.8) is 0 Å². The van der Waals surface area contributed by atoms with Crippen LogP contribution in [0.15, 0.2) is 4.99 Å². The van der Waals surface area contributed by atoms with E-state index < -0.39 is 0 Å². The molecule has 26 heavy (non-hydrogen) atoms. The van der Waals surface area contributed by atoms with E-state index in [2.05, 4.69) is 34.4 Å². The van der Waals surface area contributed by atoms with Gasteiger partial charge in [-0.15, -0.1) is 24.0 Å². The fourth-order valence-electron chi connectivity index (χ4n) is 2.80. The Morgan fingerprint density at radius 1 is 1.23 bits per heavy atom. The Labute approximate surface area is 176 Å². The third-order valence-electron chi connectivity index (χ3n) is 4.01. The lowest BCUT2D eigenvalue weighted by Gasteiger charge is -2.34. The fraction of sp³-hybridized carbons (Fsp3) is 0.944. The summed E-state index contributed by atoms with van der Waals surface area (Å²) >= 11 is 0. The monoisotopic (exact) mass is 486 g/mol. The average molecular weight is 486 g/mol. The number of nitrogens with zero attached hydrogens (tertiary/aromatic N) is 2. The summed E-state index contributed by atoms with van der Waals surface area (Å²) in [6, 6.07) is 0. The van der Waals surface area contributed by atoms with Crippen molar-refractivity contribution in [2.45, 2.75) is 32.8 Å². The number of unbranched alkanes of at least 4 members (excludes halogenated alkanes) is 1. The molecule has 1 aliphatic heterocycles. The summed E-state index contributed by atoms with van der Waals surface area (Å²) in [5, 5.41) is 6.72. The van der Waals surface area contributed by atoms with E-state index in [4.69, 9.17) is 14.2 Å². The molecule has 0 spiro atoms. The van der Waals surface area contributed by atoms with E-state index >= 15 is 0 Å². The summed E-state index contributed by atoms with van der Waals surface area (Å²) in [5.41, 5.74) is 0. The number of methoxy groups -OCH3 is 1. The molecule has 0 aromatic carbocycles. The van der Waals surface area contributed by atoms with Crippen LogP contribution < -0.4 is 10.6 Å². The minimum atomic E-state index is 0. The summed E-state index contributed by atoms with van der Waals surface area (Å²) in [4.78, 5) is 6.76. The van der Waals surface area contributed by atoms with Gasteiger partial charge in [0, 0.05) is 53.5 Å². The molecule has 1 atom stereocenters. The highest BCUT2D eigenvalue weighted by molar-refractivity contribution is 14.0. The molecule has 0 bridgehead atoms. The number of guanidine groups is 1. The molecule has 1 fully saturated rings. The average Bonchev–Trinajstić information content (AvgIpc) is 2.59. The van der Waals surface area contributed by atoms with Crippen LogP contribution in [0.3, 0.4) is 0 Å². The molecule has 0 radical (unpaired) electrons. The number of ether oxygens (including phenoxy) is 3. The lowest BCUT2D eigenvalue weighted by Crippen LogP contribution is -2.50. The van der Waals surface area contributed by atoms with Gasteiger partial charge in [0.05, 0.1) is 25.9 Å². The molecule has 1 saturated heterocycles. The Balaban J connectivity index is 0.00000625. The van der Waals surface area contributed by atoms with Crippen molar-refractivity contribution in [1.82, 2.24) is 15.5 Å². The molecule has 1 unspecified atom stereocenters. The molecular formula is C18H39IN4O3. The van der Waals surface area contributed by atoms with Gasteiger partial charge < -0.3 is 24.8 Å². The standard InChI is InChI=1S/C18H38N4O3.HI/c1-16(2)14-22-8-10-25-17(15-22)13-21-18(19-3)20-7-5-6-9-24-12-11-23-4;/h16-17H,5-15H2,1-4H3,(H2,19,20,21);1H. The molecule has 0 amide bonds. The normalized spacial score (nSPS) is 18.7. The number of morpholine rings is 1. The Morgan fingerprint density at radius 3 is 2.73 bits per heavy atom. The van der Waals surface area contributed by atoms with Gasteiger partial charge in [-0.05, 0) is 18.8 Å². The zero-order valence-corrected chi connectivity index (χ0v) is 19.3. The Kier molecular flexibility index (Phi) is 16.9. The first-order chi connectivity index (χ1) is 12.2. The van der Waals surface area contributed by atoms with Gasteiger partial charge in [0.1, 0.15) is 0 Å². The minimum absolute atomic E-state index is 0. The van der Waals surface area contributed by atoms with Crippen molar-refractivity contribution in [2.75, 3.05) is 73.3 Å². The number of hydrogen-bond acceptors (Lipinski definition) is 5. The fourth-order valence-corrected chi connectivity index (χ4v) is 2.80. The quantitative estimate of drug-likeness (QED) is 0.189. The third-order valence-corrected chi connectivity index (χ3v) is 4.01. The van der Waals surface area contributed by atoms with Crippen LogP contribution in [-0.4, -0.2) is 90.3 Å². The second kappa shape index (κ2) is 17.0. The van der Waals surface area contributed by atoms with Gasteiger partial charge in [0.25, 0.3) is 0 Å². The van der Waals surface area contributed by atoms with E-state index in [1.54, 1.807) is 14.2 Å². The number of hydrogen-bond donors (Lipinski definition) is 2. The summed E-state index contributed by atoms with van der Waals surface area (Å²) in [6.45, 7) is 12.3. The molecule has 2 N–H and O–H groups in total. The topological polar surface area (TPSA) is 67.4 Å². The van der Waals surface area contributed by atoms with Gasteiger partial charge in [-0.1, -0.05) is 13.8 Å². The highest BCUT2D eigenvalue weighted by atomic mass is 127. The molecule has 1 heterocycles. The molecule has 1 rings (SSSR count). The van der Waals surface area contributed by atoms with Crippen LogP contribution in [-0.2, 0) is 14.2 Å². The van der Waals surface area contributed by atoms with E-state index in [1.165, 1.54) is 0 Å². The summed E-state index contributed by atoms with van der Waals surface area (Å²) in [7, 11) is 3.49. The lowest BCUT2D eigenvalue weighted by atomic mass is 10.2. The van der Waals surface area contributed by atoms with E-state index in [0.29, 0.717) is 19.1 Å². The lowest BCUT2D eigenvalue weighted by molar-refractivity contribution is -0.0284. The Morgan fingerprint density at radius 2 is 2.04 bits per heavy atom. The van der Waals surface area contributed by atoms with Crippen molar-refractivity contribution in [3.05, 3.63) is 0 Å². The van der Waals surface area contributed by atoms with Gasteiger partial charge >= 0.3 is 0 Å². The number of aliphatic imine (C=N–C) groups is 1. The zero-order chi connectivity index (χ0) is 18.3. The van der Waals surface area contributed by atoms with Crippen LogP contribution in [0.5, 0.6) is 0 Å². The predicted octanol–water partition coefficient (Wildman–Crippen LogP) is 1.57. The second-order valence-corrected chi connectivity index (χ2v) is 6.84. The zero-order valence-electron chi connectivity index (χ0n) is 17.0. The van der Waals surface area contributed by atoms with E-state index in [0.717, 1.165) is 64.7 Å². The van der Waals surface area contributed by atoms with Crippen molar-refractivity contribution >= 4 is 29.9 Å². The van der Waals surface area contributed by atoms with Crippen LogP contribution in [0.2, 0.25) is 0 Å². The number of halogens is 1. The highest BCUT2D eigenvalue weighted by Gasteiger charge is 2.20. The maximum absolute atomic E-state index is 5.86. The van der Waals surface area contributed by atoms with Crippen molar-refractivity contribution < 1.29 is 14.2 Å². The van der Waals surface area contributed by atoms with Crippen LogP contribution in [0.4, 0.5) is 0 Å². The van der Waals surface area contributed by atoms with Gasteiger partial charge in [-0.25, -0.2) is 0 Å². The minimum Gasteiger partial charge on any atom is -0.382 e. The maximum Gasteiger partial charge on any atom is 0.191 e. The molecule has 0 aliphatic carbocycles. The molecule has 0 saturated carbocycles. The van der Waals surface area contributed by atoms with Gasteiger partial charge in [0.15, 0.2) is 5.96 Å². The van der Waals surface area contributed by atoms with Crippen molar-refractivity contribution in [3.8, 4) is 0 Å². The third kappa shape index (κ3) is 13.1. The molecule has 7 nitrogen and oxygen atoms in total. The Bertz CT molecular complexity index is 359. The Hall–Kier alpha value is -0.160. The van der Waals surface area contributed by atoms with E-state index in [9.17, 15) is 0 Å². The molecule has 8 heteroatoms. The summed E-state index contributed by atoms with van der Waals surface area (Å²) < 4.78 is 16.3. The first kappa shape index (κ1) is 25.8. The first-order valence-electron chi connectivity index (χ1n) is 9.50. The van der Waals surface area contributed by atoms with Gasteiger partial charge in [-0.3, -0.25) is 9.89 Å². The number of nitrogens with one attached hydrogen (secondary N) is 2. The second-order valence-electron chi connectivity index (χ2n) is 6.84. The maximum atomic E-state index is 5.86.